The Hall–Kier alpha value is -1.51. The van der Waals surface area contributed by atoms with Crippen molar-refractivity contribution in [2.75, 3.05) is 6.79 Å². The van der Waals surface area contributed by atoms with Crippen molar-refractivity contribution in [3.63, 3.8) is 0 Å². The SMILES string of the molecule is O=CCC(c1ccc2c(c1)OCO2)C1CC1. The van der Waals surface area contributed by atoms with Crippen molar-refractivity contribution in [2.45, 2.75) is 25.2 Å². The average molecular weight is 218 g/mol. The van der Waals surface area contributed by atoms with Crippen LogP contribution in [0.3, 0.4) is 0 Å². The van der Waals surface area contributed by atoms with Crippen LogP contribution in [0.15, 0.2) is 18.2 Å². The molecule has 1 aliphatic heterocycles. The van der Waals surface area contributed by atoms with Gasteiger partial charge < -0.3 is 14.3 Å². The van der Waals surface area contributed by atoms with E-state index in [9.17, 15) is 4.79 Å². The molecule has 1 aromatic rings. The van der Waals surface area contributed by atoms with Crippen LogP contribution < -0.4 is 9.47 Å². The number of benzene rings is 1. The maximum absolute atomic E-state index is 10.7. The number of hydrogen-bond acceptors (Lipinski definition) is 3. The number of rotatable bonds is 4. The van der Waals surface area contributed by atoms with Crippen LogP contribution in [0.2, 0.25) is 0 Å². The van der Waals surface area contributed by atoms with Gasteiger partial charge in [0, 0.05) is 6.42 Å². The Bertz CT molecular complexity index is 410. The lowest BCUT2D eigenvalue weighted by molar-refractivity contribution is -0.108. The molecular formula is C13H14O3. The van der Waals surface area contributed by atoms with Gasteiger partial charge in [-0.2, -0.15) is 0 Å². The molecule has 3 rings (SSSR count). The Morgan fingerprint density at radius 3 is 2.88 bits per heavy atom. The van der Waals surface area contributed by atoms with E-state index < -0.39 is 0 Å². The number of carbonyl (C=O) groups excluding carboxylic acids is 1. The van der Waals surface area contributed by atoms with E-state index in [1.54, 1.807) is 0 Å². The van der Waals surface area contributed by atoms with Gasteiger partial charge in [0.1, 0.15) is 6.29 Å². The van der Waals surface area contributed by atoms with E-state index in [1.807, 2.05) is 12.1 Å². The Morgan fingerprint density at radius 2 is 2.12 bits per heavy atom. The Morgan fingerprint density at radius 1 is 1.31 bits per heavy atom. The maximum Gasteiger partial charge on any atom is 0.231 e. The molecule has 2 aliphatic rings. The zero-order chi connectivity index (χ0) is 11.0. The molecule has 0 amide bonds. The molecule has 0 saturated heterocycles. The van der Waals surface area contributed by atoms with Crippen LogP contribution >= 0.6 is 0 Å². The summed E-state index contributed by atoms with van der Waals surface area (Å²) in [6.45, 7) is 0.306. The van der Waals surface area contributed by atoms with Crippen LogP contribution in [-0.2, 0) is 4.79 Å². The maximum atomic E-state index is 10.7. The lowest BCUT2D eigenvalue weighted by Gasteiger charge is -2.13. The summed E-state index contributed by atoms with van der Waals surface area (Å²) in [4.78, 5) is 10.7. The fourth-order valence-electron chi connectivity index (χ4n) is 2.35. The smallest absolute Gasteiger partial charge is 0.231 e. The van der Waals surface area contributed by atoms with Gasteiger partial charge in [0.05, 0.1) is 0 Å². The summed E-state index contributed by atoms with van der Waals surface area (Å²) in [5.41, 5.74) is 1.21. The first-order chi connectivity index (χ1) is 7.88. The number of hydrogen-bond donors (Lipinski definition) is 0. The molecule has 84 valence electrons. The quantitative estimate of drug-likeness (QED) is 0.728. The monoisotopic (exact) mass is 218 g/mol. The molecule has 3 heteroatoms. The third-order valence-corrected chi connectivity index (χ3v) is 3.37. The lowest BCUT2D eigenvalue weighted by atomic mass is 9.91. The average Bonchev–Trinajstić information content (AvgIpc) is 3.03. The predicted octanol–water partition coefficient (Wildman–Crippen LogP) is 2.50. The molecule has 0 bridgehead atoms. The Labute approximate surface area is 94.4 Å². The Kier molecular flexibility index (Phi) is 2.31. The molecule has 3 nitrogen and oxygen atoms in total. The zero-order valence-corrected chi connectivity index (χ0v) is 9.02. The minimum Gasteiger partial charge on any atom is -0.454 e. The second kappa shape index (κ2) is 3.81. The minimum absolute atomic E-state index is 0.306. The van der Waals surface area contributed by atoms with Crippen molar-refractivity contribution in [1.29, 1.82) is 0 Å². The summed E-state index contributed by atoms with van der Waals surface area (Å²) in [5.74, 6) is 2.68. The van der Waals surface area contributed by atoms with Crippen LogP contribution in [0.4, 0.5) is 0 Å². The molecule has 1 saturated carbocycles. The minimum atomic E-state index is 0.306. The first-order valence-electron chi connectivity index (χ1n) is 5.71. The molecule has 1 atom stereocenters. The summed E-state index contributed by atoms with van der Waals surface area (Å²) in [5, 5.41) is 0. The fraction of sp³-hybridized carbons (Fsp3) is 0.462. The molecule has 16 heavy (non-hydrogen) atoms. The van der Waals surface area contributed by atoms with Crippen molar-refractivity contribution in [1.82, 2.24) is 0 Å². The highest BCUT2D eigenvalue weighted by Gasteiger charge is 2.32. The first-order valence-corrected chi connectivity index (χ1v) is 5.71. The molecule has 0 aromatic heterocycles. The summed E-state index contributed by atoms with van der Waals surface area (Å²) >= 11 is 0. The molecule has 1 fully saturated rings. The van der Waals surface area contributed by atoms with E-state index in [4.69, 9.17) is 9.47 Å². The predicted molar refractivity (Wildman–Crippen MR) is 58.7 cm³/mol. The van der Waals surface area contributed by atoms with E-state index in [0.717, 1.165) is 17.8 Å². The van der Waals surface area contributed by atoms with Gasteiger partial charge in [0.15, 0.2) is 11.5 Å². The van der Waals surface area contributed by atoms with E-state index in [2.05, 4.69) is 6.07 Å². The molecule has 0 radical (unpaired) electrons. The highest BCUT2D eigenvalue weighted by Crippen LogP contribution is 2.46. The van der Waals surface area contributed by atoms with Gasteiger partial charge in [-0.1, -0.05) is 6.07 Å². The van der Waals surface area contributed by atoms with Gasteiger partial charge in [-0.15, -0.1) is 0 Å². The van der Waals surface area contributed by atoms with Gasteiger partial charge in [-0.25, -0.2) is 0 Å². The van der Waals surface area contributed by atoms with Gasteiger partial charge in [0.25, 0.3) is 0 Å². The number of ether oxygens (including phenoxy) is 2. The van der Waals surface area contributed by atoms with Crippen LogP contribution in [0.25, 0.3) is 0 Å². The molecule has 1 unspecified atom stereocenters. The van der Waals surface area contributed by atoms with Crippen molar-refractivity contribution in [3.8, 4) is 11.5 Å². The van der Waals surface area contributed by atoms with Gasteiger partial charge in [0.2, 0.25) is 6.79 Å². The second-order valence-corrected chi connectivity index (χ2v) is 4.46. The largest absolute Gasteiger partial charge is 0.454 e. The van der Waals surface area contributed by atoms with E-state index >= 15 is 0 Å². The third kappa shape index (κ3) is 1.66. The summed E-state index contributed by atoms with van der Waals surface area (Å²) < 4.78 is 10.6. The van der Waals surface area contributed by atoms with E-state index in [0.29, 0.717) is 25.0 Å². The molecule has 0 spiro atoms. The van der Waals surface area contributed by atoms with Gasteiger partial charge in [-0.3, -0.25) is 0 Å². The van der Waals surface area contributed by atoms with Gasteiger partial charge in [-0.05, 0) is 42.4 Å². The van der Waals surface area contributed by atoms with E-state index in [-0.39, 0.29) is 0 Å². The standard InChI is InChI=1S/C13H14O3/c14-6-5-11(9-1-2-9)10-3-4-12-13(7-10)16-8-15-12/h3-4,6-7,9,11H,1-2,5,8H2. The second-order valence-electron chi connectivity index (χ2n) is 4.46. The molecule has 1 aromatic carbocycles. The van der Waals surface area contributed by atoms with Crippen molar-refractivity contribution >= 4 is 6.29 Å². The number of fused-ring (bicyclic) bond motifs is 1. The highest BCUT2D eigenvalue weighted by atomic mass is 16.7. The van der Waals surface area contributed by atoms with E-state index in [1.165, 1.54) is 18.4 Å². The van der Waals surface area contributed by atoms with Gasteiger partial charge >= 0.3 is 0 Å². The molecule has 0 N–H and O–H groups in total. The summed E-state index contributed by atoms with van der Waals surface area (Å²) in [7, 11) is 0. The van der Waals surface area contributed by atoms with Crippen molar-refractivity contribution in [3.05, 3.63) is 23.8 Å². The summed E-state index contributed by atoms with van der Waals surface area (Å²) in [6, 6.07) is 6.02. The molecule has 1 aliphatic carbocycles. The zero-order valence-electron chi connectivity index (χ0n) is 9.02. The van der Waals surface area contributed by atoms with Crippen LogP contribution in [0.1, 0.15) is 30.7 Å². The molecule has 1 heterocycles. The summed E-state index contributed by atoms with van der Waals surface area (Å²) in [6.07, 6.45) is 4.12. The normalized spacial score (nSPS) is 19.5. The highest BCUT2D eigenvalue weighted by molar-refractivity contribution is 5.53. The Balaban J connectivity index is 1.89. The van der Waals surface area contributed by atoms with Crippen LogP contribution in [0, 0.1) is 5.92 Å². The third-order valence-electron chi connectivity index (χ3n) is 3.37. The fourth-order valence-corrected chi connectivity index (χ4v) is 2.35. The first kappa shape index (κ1) is 9.70. The van der Waals surface area contributed by atoms with Crippen molar-refractivity contribution in [2.24, 2.45) is 5.92 Å². The van der Waals surface area contributed by atoms with Crippen LogP contribution in [0.5, 0.6) is 11.5 Å². The molecular weight excluding hydrogens is 204 g/mol. The lowest BCUT2D eigenvalue weighted by Crippen LogP contribution is -2.02. The number of aldehydes is 1. The topological polar surface area (TPSA) is 35.5 Å². The number of carbonyl (C=O) groups is 1. The van der Waals surface area contributed by atoms with Crippen molar-refractivity contribution < 1.29 is 14.3 Å². The van der Waals surface area contributed by atoms with Crippen LogP contribution in [-0.4, -0.2) is 13.1 Å².